The average molecular weight is 467 g/mol. The molecule has 2 aliphatic heterocycles. The maximum absolute atomic E-state index is 13.0. The Hall–Kier alpha value is -3.33. The summed E-state index contributed by atoms with van der Waals surface area (Å²) in [6.07, 6.45) is 4.99. The monoisotopic (exact) mass is 466 g/mol. The van der Waals surface area contributed by atoms with E-state index in [0.29, 0.717) is 17.4 Å². The molecule has 182 valence electrons. The Morgan fingerprint density at radius 1 is 1.15 bits per heavy atom. The van der Waals surface area contributed by atoms with Gasteiger partial charge >= 0.3 is 5.97 Å². The first-order valence-electron chi connectivity index (χ1n) is 11.7. The SMILES string of the molecule is COC(=O)c1cn(C(C)C)c2c(c1=O)C=NC(Nc1cccc(NC3CCN(C)CC3)c1)N2C. The maximum Gasteiger partial charge on any atom is 0.343 e. The van der Waals surface area contributed by atoms with Crippen LogP contribution in [0.5, 0.6) is 0 Å². The number of anilines is 3. The van der Waals surface area contributed by atoms with E-state index in [1.165, 1.54) is 7.11 Å². The number of methoxy groups -OCH3 is 1. The zero-order chi connectivity index (χ0) is 24.4. The normalized spacial score (nSPS) is 18.6. The summed E-state index contributed by atoms with van der Waals surface area (Å²) in [5.41, 5.74) is 2.02. The number of carbonyl (C=O) groups is 1. The molecule has 0 amide bonds. The quantitative estimate of drug-likeness (QED) is 0.633. The van der Waals surface area contributed by atoms with Gasteiger partial charge in [-0.15, -0.1) is 0 Å². The molecule has 1 saturated heterocycles. The number of rotatable bonds is 6. The van der Waals surface area contributed by atoms with Crippen molar-refractivity contribution in [2.24, 2.45) is 4.99 Å². The van der Waals surface area contributed by atoms with Crippen molar-refractivity contribution in [1.82, 2.24) is 9.47 Å². The molecule has 0 aliphatic carbocycles. The molecule has 9 heteroatoms. The molecule has 1 unspecified atom stereocenters. The fraction of sp³-hybridized carbons (Fsp3) is 0.480. The molecule has 9 nitrogen and oxygen atoms in total. The molecule has 0 spiro atoms. The molecular weight excluding hydrogens is 432 g/mol. The molecule has 2 N–H and O–H groups in total. The third-order valence-electron chi connectivity index (χ3n) is 6.50. The Morgan fingerprint density at radius 3 is 2.47 bits per heavy atom. The highest BCUT2D eigenvalue weighted by Gasteiger charge is 2.29. The Kier molecular flexibility index (Phi) is 6.92. The fourth-order valence-electron chi connectivity index (χ4n) is 4.51. The second kappa shape index (κ2) is 9.89. The van der Waals surface area contributed by atoms with Crippen LogP contribution in [-0.4, -0.2) is 68.3 Å². The van der Waals surface area contributed by atoms with Crippen molar-refractivity contribution in [1.29, 1.82) is 0 Å². The minimum atomic E-state index is -0.646. The summed E-state index contributed by atoms with van der Waals surface area (Å²) < 4.78 is 6.73. The molecule has 2 aliphatic rings. The van der Waals surface area contributed by atoms with Gasteiger partial charge in [-0.05, 0) is 65.0 Å². The number of piperidine rings is 1. The minimum absolute atomic E-state index is 0.00823. The van der Waals surface area contributed by atoms with Gasteiger partial charge in [0.25, 0.3) is 0 Å². The lowest BCUT2D eigenvalue weighted by molar-refractivity contribution is 0.0598. The number of nitrogens with one attached hydrogen (secondary N) is 2. The van der Waals surface area contributed by atoms with E-state index in [1.807, 2.05) is 42.5 Å². The van der Waals surface area contributed by atoms with Gasteiger partial charge in [0.15, 0.2) is 6.29 Å². The number of hydrogen-bond donors (Lipinski definition) is 2. The van der Waals surface area contributed by atoms with Crippen LogP contribution in [0.3, 0.4) is 0 Å². The van der Waals surface area contributed by atoms with E-state index < -0.39 is 12.3 Å². The van der Waals surface area contributed by atoms with Gasteiger partial charge in [0.05, 0.1) is 12.7 Å². The second-order valence-electron chi connectivity index (χ2n) is 9.31. The summed E-state index contributed by atoms with van der Waals surface area (Å²) >= 11 is 0. The summed E-state index contributed by atoms with van der Waals surface area (Å²) in [5, 5.41) is 7.11. The summed E-state index contributed by atoms with van der Waals surface area (Å²) in [4.78, 5) is 34.0. The third kappa shape index (κ3) is 4.79. The predicted octanol–water partition coefficient (Wildman–Crippen LogP) is 2.99. The van der Waals surface area contributed by atoms with E-state index in [4.69, 9.17) is 4.74 Å². The second-order valence-corrected chi connectivity index (χ2v) is 9.31. The van der Waals surface area contributed by atoms with Gasteiger partial charge in [0.1, 0.15) is 11.4 Å². The molecule has 1 aromatic heterocycles. The first kappa shape index (κ1) is 23.8. The lowest BCUT2D eigenvalue weighted by atomic mass is 10.1. The molecule has 1 fully saturated rings. The zero-order valence-electron chi connectivity index (χ0n) is 20.5. The van der Waals surface area contributed by atoms with Crippen LogP contribution in [0, 0.1) is 0 Å². The topological polar surface area (TPSA) is 91.2 Å². The molecule has 2 aromatic rings. The summed E-state index contributed by atoms with van der Waals surface area (Å²) in [5.74, 6) is 0.0631. The van der Waals surface area contributed by atoms with E-state index >= 15 is 0 Å². The summed E-state index contributed by atoms with van der Waals surface area (Å²) in [6.45, 7) is 6.22. The number of aromatic nitrogens is 1. The van der Waals surface area contributed by atoms with Gasteiger partial charge in [-0.3, -0.25) is 4.79 Å². The van der Waals surface area contributed by atoms with E-state index in [-0.39, 0.29) is 17.0 Å². The summed E-state index contributed by atoms with van der Waals surface area (Å²) in [7, 11) is 5.33. The molecule has 0 bridgehead atoms. The molecular formula is C25H34N6O3. The van der Waals surface area contributed by atoms with Crippen LogP contribution in [0.2, 0.25) is 0 Å². The van der Waals surface area contributed by atoms with Crippen LogP contribution in [0.25, 0.3) is 0 Å². The van der Waals surface area contributed by atoms with Crippen molar-refractivity contribution in [3.63, 3.8) is 0 Å². The molecule has 1 atom stereocenters. The number of ether oxygens (including phenoxy) is 1. The van der Waals surface area contributed by atoms with Gasteiger partial charge in [0, 0.05) is 42.9 Å². The molecule has 34 heavy (non-hydrogen) atoms. The Balaban J connectivity index is 1.57. The van der Waals surface area contributed by atoms with Gasteiger partial charge in [-0.25, -0.2) is 9.79 Å². The third-order valence-corrected chi connectivity index (χ3v) is 6.50. The number of pyridine rings is 1. The lowest BCUT2D eigenvalue weighted by Gasteiger charge is -2.35. The van der Waals surface area contributed by atoms with Crippen LogP contribution in [0.1, 0.15) is 48.7 Å². The van der Waals surface area contributed by atoms with Crippen LogP contribution >= 0.6 is 0 Å². The highest BCUT2D eigenvalue weighted by molar-refractivity contribution is 5.95. The van der Waals surface area contributed by atoms with Crippen LogP contribution in [0.4, 0.5) is 17.2 Å². The number of hydrogen-bond acceptors (Lipinski definition) is 8. The first-order chi connectivity index (χ1) is 16.3. The number of fused-ring (bicyclic) bond motifs is 1. The number of likely N-dealkylation sites (tertiary alicyclic amines) is 1. The Morgan fingerprint density at radius 2 is 1.82 bits per heavy atom. The van der Waals surface area contributed by atoms with Crippen molar-refractivity contribution < 1.29 is 9.53 Å². The van der Waals surface area contributed by atoms with E-state index in [2.05, 4.69) is 39.7 Å². The van der Waals surface area contributed by atoms with Gasteiger partial charge in [-0.1, -0.05) is 6.07 Å². The molecule has 0 saturated carbocycles. The highest BCUT2D eigenvalue weighted by atomic mass is 16.5. The number of esters is 1. The van der Waals surface area contributed by atoms with Crippen molar-refractivity contribution in [2.45, 2.75) is 45.1 Å². The molecule has 1 aromatic carbocycles. The van der Waals surface area contributed by atoms with Crippen molar-refractivity contribution in [2.75, 3.05) is 49.8 Å². The Bertz CT molecular complexity index is 1130. The summed E-state index contributed by atoms with van der Waals surface area (Å²) in [6, 6.07) is 8.69. The van der Waals surface area contributed by atoms with E-state index in [0.717, 1.165) is 37.3 Å². The van der Waals surface area contributed by atoms with E-state index in [1.54, 1.807) is 12.4 Å². The maximum atomic E-state index is 13.0. The predicted molar refractivity (Wildman–Crippen MR) is 136 cm³/mol. The largest absolute Gasteiger partial charge is 0.465 e. The smallest absolute Gasteiger partial charge is 0.343 e. The van der Waals surface area contributed by atoms with Crippen LogP contribution in [-0.2, 0) is 4.74 Å². The van der Waals surface area contributed by atoms with Gasteiger partial charge < -0.3 is 29.7 Å². The number of nitrogens with zero attached hydrogens (tertiary/aromatic N) is 4. The van der Waals surface area contributed by atoms with Crippen molar-refractivity contribution >= 4 is 29.4 Å². The standard InChI is InChI=1S/C25H34N6O3/c1-16(2)31-15-21(24(33)34-5)22(32)20-14-26-25(30(4)23(20)31)28-19-8-6-7-18(13-19)27-17-9-11-29(3)12-10-17/h6-8,13-17,25,27-28H,9-12H2,1-5H3. The van der Waals surface area contributed by atoms with Crippen molar-refractivity contribution in [3.05, 3.63) is 51.8 Å². The lowest BCUT2D eigenvalue weighted by Crippen LogP contribution is -2.43. The van der Waals surface area contributed by atoms with Gasteiger partial charge in [0.2, 0.25) is 5.43 Å². The molecule has 4 rings (SSSR count). The highest BCUT2D eigenvalue weighted by Crippen LogP contribution is 2.28. The Labute approximate surface area is 200 Å². The number of aliphatic imine (C=N–C) groups is 1. The van der Waals surface area contributed by atoms with Crippen molar-refractivity contribution in [3.8, 4) is 0 Å². The molecule has 0 radical (unpaired) electrons. The first-order valence-corrected chi connectivity index (χ1v) is 11.7. The van der Waals surface area contributed by atoms with Crippen LogP contribution in [0.15, 0.2) is 40.2 Å². The number of benzene rings is 1. The average Bonchev–Trinajstić information content (AvgIpc) is 2.82. The minimum Gasteiger partial charge on any atom is -0.465 e. The fourth-order valence-corrected chi connectivity index (χ4v) is 4.51. The zero-order valence-corrected chi connectivity index (χ0v) is 20.5. The van der Waals surface area contributed by atoms with E-state index in [9.17, 15) is 9.59 Å². The molecule has 3 heterocycles. The number of carbonyl (C=O) groups excluding carboxylic acids is 1. The van der Waals surface area contributed by atoms with Crippen LogP contribution < -0.4 is 21.0 Å². The van der Waals surface area contributed by atoms with Gasteiger partial charge in [-0.2, -0.15) is 0 Å².